The summed E-state index contributed by atoms with van der Waals surface area (Å²) in [5.74, 6) is -0.549. The number of nitrogens with zero attached hydrogens (tertiary/aromatic N) is 2. The number of rotatable bonds is 2. The molecule has 1 aromatic carbocycles. The van der Waals surface area contributed by atoms with Gasteiger partial charge in [0.15, 0.2) is 0 Å². The topological polar surface area (TPSA) is 35.6 Å². The van der Waals surface area contributed by atoms with Gasteiger partial charge in [0.1, 0.15) is 0 Å². The van der Waals surface area contributed by atoms with Crippen LogP contribution in [-0.4, -0.2) is 36.0 Å². The molecule has 8 heteroatoms. The number of alkyl halides is 3. The molecular formula is C18H19ClF3N3O. The third-order valence-electron chi connectivity index (χ3n) is 4.59. The van der Waals surface area contributed by atoms with Crippen molar-refractivity contribution in [3.8, 4) is 0 Å². The maximum atomic E-state index is 13.4. The number of hydrogen-bond acceptors (Lipinski definition) is 3. The van der Waals surface area contributed by atoms with Gasteiger partial charge in [-0.3, -0.25) is 9.80 Å². The second-order valence-corrected chi connectivity index (χ2v) is 6.91. The Bertz CT molecular complexity index is 761. The van der Waals surface area contributed by atoms with Crippen molar-refractivity contribution in [3.63, 3.8) is 0 Å². The van der Waals surface area contributed by atoms with Crippen molar-refractivity contribution in [3.05, 3.63) is 58.4 Å². The maximum absolute atomic E-state index is 13.4. The third-order valence-corrected chi connectivity index (χ3v) is 4.83. The number of piperidine rings is 1. The van der Waals surface area contributed by atoms with E-state index in [1.54, 1.807) is 35.4 Å². The summed E-state index contributed by atoms with van der Waals surface area (Å²) in [6.07, 6.45) is 1.75. The molecule has 1 saturated heterocycles. The SMILES string of the molecule is CN1C=C(C(=O)N2CCCC(c3ccc(Cl)cc3C(F)(F)F)C2)C=CN1. The van der Waals surface area contributed by atoms with Gasteiger partial charge in [0.05, 0.1) is 11.1 Å². The Morgan fingerprint density at radius 2 is 2.12 bits per heavy atom. The number of carbonyl (C=O) groups is 1. The Morgan fingerprint density at radius 3 is 2.81 bits per heavy atom. The molecule has 1 aromatic rings. The van der Waals surface area contributed by atoms with Crippen LogP contribution in [0.5, 0.6) is 0 Å². The highest BCUT2D eigenvalue weighted by Gasteiger charge is 2.37. The van der Waals surface area contributed by atoms with Gasteiger partial charge < -0.3 is 10.3 Å². The second kappa shape index (κ2) is 7.23. The fourth-order valence-electron chi connectivity index (χ4n) is 3.39. The molecule has 3 rings (SSSR count). The number of nitrogens with one attached hydrogen (secondary N) is 1. The summed E-state index contributed by atoms with van der Waals surface area (Å²) in [5.41, 5.74) is 2.88. The lowest BCUT2D eigenvalue weighted by atomic mass is 9.87. The number of likely N-dealkylation sites (tertiary alicyclic amines) is 1. The van der Waals surface area contributed by atoms with Crippen molar-refractivity contribution in [2.45, 2.75) is 24.9 Å². The zero-order valence-corrected chi connectivity index (χ0v) is 14.9. The van der Waals surface area contributed by atoms with Crippen molar-refractivity contribution < 1.29 is 18.0 Å². The molecule has 0 aliphatic carbocycles. The highest BCUT2D eigenvalue weighted by atomic mass is 35.5. The number of benzene rings is 1. The Hall–Kier alpha value is -2.15. The van der Waals surface area contributed by atoms with Crippen LogP contribution in [0, 0.1) is 0 Å². The van der Waals surface area contributed by atoms with E-state index in [1.807, 2.05) is 0 Å². The molecule has 1 fully saturated rings. The molecule has 2 aliphatic heterocycles. The first-order chi connectivity index (χ1) is 12.3. The van der Waals surface area contributed by atoms with Crippen LogP contribution in [0.15, 0.2) is 42.2 Å². The van der Waals surface area contributed by atoms with E-state index in [0.717, 1.165) is 6.07 Å². The van der Waals surface area contributed by atoms with Gasteiger partial charge in [0.25, 0.3) is 5.91 Å². The van der Waals surface area contributed by atoms with Crippen molar-refractivity contribution in [1.82, 2.24) is 15.3 Å². The highest BCUT2D eigenvalue weighted by Crippen LogP contribution is 2.39. The zero-order valence-electron chi connectivity index (χ0n) is 14.2. The molecule has 0 radical (unpaired) electrons. The number of hydrogen-bond donors (Lipinski definition) is 1. The molecular weight excluding hydrogens is 367 g/mol. The van der Waals surface area contributed by atoms with E-state index in [2.05, 4.69) is 5.43 Å². The van der Waals surface area contributed by atoms with Crippen LogP contribution in [0.4, 0.5) is 13.2 Å². The maximum Gasteiger partial charge on any atom is 0.416 e. The van der Waals surface area contributed by atoms with Gasteiger partial charge in [-0.15, -0.1) is 0 Å². The number of hydrazine groups is 1. The fraction of sp³-hybridized carbons (Fsp3) is 0.389. The van der Waals surface area contributed by atoms with E-state index in [4.69, 9.17) is 11.6 Å². The summed E-state index contributed by atoms with van der Waals surface area (Å²) >= 11 is 5.77. The largest absolute Gasteiger partial charge is 0.416 e. The predicted octanol–water partition coefficient (Wildman–Crippen LogP) is 3.91. The molecule has 1 amide bonds. The minimum atomic E-state index is -4.48. The van der Waals surface area contributed by atoms with Crippen LogP contribution in [0.1, 0.15) is 29.9 Å². The monoisotopic (exact) mass is 385 g/mol. The number of halogens is 4. The van der Waals surface area contributed by atoms with Gasteiger partial charge in [-0.2, -0.15) is 13.2 Å². The Morgan fingerprint density at radius 1 is 1.35 bits per heavy atom. The van der Waals surface area contributed by atoms with E-state index in [1.165, 1.54) is 12.1 Å². The molecule has 0 aromatic heterocycles. The first-order valence-electron chi connectivity index (χ1n) is 8.29. The van der Waals surface area contributed by atoms with E-state index in [-0.39, 0.29) is 29.0 Å². The van der Waals surface area contributed by atoms with Gasteiger partial charge in [-0.05, 0) is 36.6 Å². The summed E-state index contributed by atoms with van der Waals surface area (Å²) < 4.78 is 40.2. The minimum absolute atomic E-state index is 0.0536. The van der Waals surface area contributed by atoms with Gasteiger partial charge in [0, 0.05) is 43.5 Å². The van der Waals surface area contributed by atoms with Crippen molar-refractivity contribution >= 4 is 17.5 Å². The molecule has 2 heterocycles. The smallest absolute Gasteiger partial charge is 0.338 e. The lowest BCUT2D eigenvalue weighted by Gasteiger charge is -2.35. The average molecular weight is 386 g/mol. The molecule has 140 valence electrons. The fourth-order valence-corrected chi connectivity index (χ4v) is 3.56. The quantitative estimate of drug-likeness (QED) is 0.838. The zero-order chi connectivity index (χ0) is 18.9. The molecule has 1 N–H and O–H groups in total. The first-order valence-corrected chi connectivity index (χ1v) is 8.67. The van der Waals surface area contributed by atoms with Crippen LogP contribution in [0.3, 0.4) is 0 Å². The van der Waals surface area contributed by atoms with Crippen molar-refractivity contribution in [1.29, 1.82) is 0 Å². The molecule has 1 atom stereocenters. The van der Waals surface area contributed by atoms with Gasteiger partial charge in [0.2, 0.25) is 0 Å². The van der Waals surface area contributed by atoms with Crippen LogP contribution in [0.2, 0.25) is 5.02 Å². The third kappa shape index (κ3) is 3.98. The van der Waals surface area contributed by atoms with E-state index in [0.29, 0.717) is 25.0 Å². The molecule has 26 heavy (non-hydrogen) atoms. The minimum Gasteiger partial charge on any atom is -0.338 e. The molecule has 2 aliphatic rings. The lowest BCUT2D eigenvalue weighted by molar-refractivity contribution is -0.138. The first kappa shape index (κ1) is 18.6. The van der Waals surface area contributed by atoms with Gasteiger partial charge in [-0.25, -0.2) is 0 Å². The Balaban J connectivity index is 1.83. The van der Waals surface area contributed by atoms with E-state index >= 15 is 0 Å². The van der Waals surface area contributed by atoms with Crippen molar-refractivity contribution in [2.75, 3.05) is 20.1 Å². The summed E-state index contributed by atoms with van der Waals surface area (Å²) in [5, 5.41) is 1.70. The van der Waals surface area contributed by atoms with Crippen LogP contribution < -0.4 is 5.43 Å². The lowest BCUT2D eigenvalue weighted by Crippen LogP contribution is -2.41. The van der Waals surface area contributed by atoms with E-state index < -0.39 is 11.7 Å². The van der Waals surface area contributed by atoms with Crippen LogP contribution in [-0.2, 0) is 11.0 Å². The molecule has 4 nitrogen and oxygen atoms in total. The Kier molecular flexibility index (Phi) is 5.18. The van der Waals surface area contributed by atoms with Gasteiger partial charge in [-0.1, -0.05) is 17.7 Å². The van der Waals surface area contributed by atoms with Crippen LogP contribution in [0.25, 0.3) is 0 Å². The summed E-state index contributed by atoms with van der Waals surface area (Å²) in [6.45, 7) is 0.790. The van der Waals surface area contributed by atoms with Crippen LogP contribution >= 0.6 is 11.6 Å². The number of carbonyl (C=O) groups excluding carboxylic acids is 1. The second-order valence-electron chi connectivity index (χ2n) is 6.48. The summed E-state index contributed by atoms with van der Waals surface area (Å²) in [7, 11) is 1.76. The summed E-state index contributed by atoms with van der Waals surface area (Å²) in [4.78, 5) is 14.3. The average Bonchev–Trinajstić information content (AvgIpc) is 2.60. The predicted molar refractivity (Wildman–Crippen MR) is 93.1 cm³/mol. The molecule has 0 spiro atoms. The normalized spacial score (nSPS) is 20.7. The molecule has 0 bridgehead atoms. The standard InChI is InChI=1S/C18H19ClF3N3O/c1-24-10-13(6-7-23-24)17(26)25-8-2-3-12(11-25)15-5-4-14(19)9-16(15)18(20,21)22/h4-7,9-10,12,23H,2-3,8,11H2,1H3. The number of amides is 1. The van der Waals surface area contributed by atoms with Gasteiger partial charge >= 0.3 is 6.18 Å². The molecule has 1 unspecified atom stereocenters. The van der Waals surface area contributed by atoms with Crippen molar-refractivity contribution in [2.24, 2.45) is 0 Å². The van der Waals surface area contributed by atoms with E-state index in [9.17, 15) is 18.0 Å². The molecule has 0 saturated carbocycles. The highest BCUT2D eigenvalue weighted by molar-refractivity contribution is 6.30. The Labute approximate surface area is 154 Å². The summed E-state index contributed by atoms with van der Waals surface area (Å²) in [6, 6.07) is 3.87.